The van der Waals surface area contributed by atoms with Crippen molar-refractivity contribution in [3.63, 3.8) is 0 Å². The highest BCUT2D eigenvalue weighted by molar-refractivity contribution is 6.33. The summed E-state index contributed by atoms with van der Waals surface area (Å²) in [5.74, 6) is -0.358. The van der Waals surface area contributed by atoms with Gasteiger partial charge in [-0.1, -0.05) is 11.6 Å². The summed E-state index contributed by atoms with van der Waals surface area (Å²) in [5.41, 5.74) is 6.87. The highest BCUT2D eigenvalue weighted by Crippen LogP contribution is 2.35. The SMILES string of the molecule is Nc1cnccc1-c1cc(OC(F)(F)F)ccc1Cl. The molecule has 19 heavy (non-hydrogen) atoms. The fourth-order valence-corrected chi connectivity index (χ4v) is 1.78. The molecule has 0 saturated heterocycles. The van der Waals surface area contributed by atoms with Crippen molar-refractivity contribution in [3.8, 4) is 16.9 Å². The lowest BCUT2D eigenvalue weighted by atomic mass is 10.1. The van der Waals surface area contributed by atoms with Crippen LogP contribution in [0, 0.1) is 0 Å². The van der Waals surface area contributed by atoms with E-state index in [1.165, 1.54) is 24.5 Å². The van der Waals surface area contributed by atoms with E-state index < -0.39 is 6.36 Å². The normalized spacial score (nSPS) is 11.4. The van der Waals surface area contributed by atoms with Gasteiger partial charge < -0.3 is 10.5 Å². The van der Waals surface area contributed by atoms with Crippen LogP contribution < -0.4 is 10.5 Å². The van der Waals surface area contributed by atoms with Gasteiger partial charge in [-0.15, -0.1) is 13.2 Å². The van der Waals surface area contributed by atoms with Crippen LogP contribution in [0.2, 0.25) is 5.02 Å². The van der Waals surface area contributed by atoms with Crippen molar-refractivity contribution in [2.45, 2.75) is 6.36 Å². The van der Waals surface area contributed by atoms with Crippen molar-refractivity contribution in [1.82, 2.24) is 4.98 Å². The van der Waals surface area contributed by atoms with Crippen molar-refractivity contribution >= 4 is 17.3 Å². The molecule has 0 aliphatic heterocycles. The predicted molar refractivity (Wildman–Crippen MR) is 65.8 cm³/mol. The van der Waals surface area contributed by atoms with Crippen LogP contribution in [-0.4, -0.2) is 11.3 Å². The van der Waals surface area contributed by atoms with E-state index in [4.69, 9.17) is 17.3 Å². The first-order valence-electron chi connectivity index (χ1n) is 5.12. The molecule has 0 atom stereocenters. The van der Waals surface area contributed by atoms with Gasteiger partial charge in [0.2, 0.25) is 0 Å². The second kappa shape index (κ2) is 4.97. The summed E-state index contributed by atoms with van der Waals surface area (Å²) in [7, 11) is 0. The molecule has 3 nitrogen and oxygen atoms in total. The van der Waals surface area contributed by atoms with Crippen LogP contribution >= 0.6 is 11.6 Å². The zero-order chi connectivity index (χ0) is 14.0. The first-order valence-corrected chi connectivity index (χ1v) is 5.50. The van der Waals surface area contributed by atoms with Crippen molar-refractivity contribution in [1.29, 1.82) is 0 Å². The number of nitrogen functional groups attached to an aromatic ring is 1. The molecular formula is C12H8ClF3N2O. The quantitative estimate of drug-likeness (QED) is 0.912. The third kappa shape index (κ3) is 3.29. The highest BCUT2D eigenvalue weighted by atomic mass is 35.5. The van der Waals surface area contributed by atoms with Crippen LogP contribution in [-0.2, 0) is 0 Å². The number of benzene rings is 1. The Labute approximate surface area is 111 Å². The molecule has 0 aliphatic rings. The number of anilines is 1. The van der Waals surface area contributed by atoms with Gasteiger partial charge in [-0.25, -0.2) is 0 Å². The molecule has 1 aromatic heterocycles. The first kappa shape index (κ1) is 13.5. The van der Waals surface area contributed by atoms with Gasteiger partial charge in [0.05, 0.1) is 11.9 Å². The zero-order valence-electron chi connectivity index (χ0n) is 9.41. The summed E-state index contributed by atoms with van der Waals surface area (Å²) in [5, 5.41) is 0.271. The van der Waals surface area contributed by atoms with Gasteiger partial charge in [0.15, 0.2) is 0 Å². The number of ether oxygens (including phenoxy) is 1. The van der Waals surface area contributed by atoms with Crippen LogP contribution in [0.5, 0.6) is 5.75 Å². The molecular weight excluding hydrogens is 281 g/mol. The standard InChI is InChI=1S/C12H8ClF3N2O/c13-10-2-1-7(19-12(14,15)16)5-9(10)8-3-4-18-6-11(8)17/h1-6H,17H2. The van der Waals surface area contributed by atoms with E-state index in [9.17, 15) is 13.2 Å². The molecule has 2 N–H and O–H groups in total. The van der Waals surface area contributed by atoms with Crippen molar-refractivity contribution in [2.24, 2.45) is 0 Å². The Morgan fingerprint density at radius 1 is 1.16 bits per heavy atom. The largest absolute Gasteiger partial charge is 0.573 e. The van der Waals surface area contributed by atoms with Crippen LogP contribution in [0.1, 0.15) is 0 Å². The summed E-state index contributed by atoms with van der Waals surface area (Å²) in [6.07, 6.45) is -1.89. The van der Waals surface area contributed by atoms with E-state index in [1.54, 1.807) is 6.07 Å². The van der Waals surface area contributed by atoms with Crippen molar-refractivity contribution < 1.29 is 17.9 Å². The Balaban J connectivity index is 2.46. The number of nitrogens with zero attached hydrogens (tertiary/aromatic N) is 1. The monoisotopic (exact) mass is 288 g/mol. The number of aromatic nitrogens is 1. The summed E-state index contributed by atoms with van der Waals surface area (Å²) >= 11 is 5.96. The van der Waals surface area contributed by atoms with E-state index >= 15 is 0 Å². The van der Waals surface area contributed by atoms with Crippen LogP contribution in [0.15, 0.2) is 36.7 Å². The summed E-state index contributed by atoms with van der Waals surface area (Å²) in [4.78, 5) is 3.80. The summed E-state index contributed by atoms with van der Waals surface area (Å²) in [6.45, 7) is 0. The Hall–Kier alpha value is -1.95. The number of hydrogen-bond donors (Lipinski definition) is 1. The van der Waals surface area contributed by atoms with Crippen molar-refractivity contribution in [3.05, 3.63) is 41.7 Å². The molecule has 1 heterocycles. The van der Waals surface area contributed by atoms with Gasteiger partial charge >= 0.3 is 6.36 Å². The molecule has 0 bridgehead atoms. The average Bonchev–Trinajstić information content (AvgIpc) is 2.31. The minimum absolute atomic E-state index is 0.271. The van der Waals surface area contributed by atoms with E-state index in [2.05, 4.69) is 9.72 Å². The van der Waals surface area contributed by atoms with Gasteiger partial charge in [0, 0.05) is 22.3 Å². The molecule has 0 unspecified atom stereocenters. The van der Waals surface area contributed by atoms with E-state index in [-0.39, 0.29) is 10.8 Å². The molecule has 1 aromatic carbocycles. The summed E-state index contributed by atoms with van der Waals surface area (Å²) in [6, 6.07) is 5.20. The van der Waals surface area contributed by atoms with Gasteiger partial charge in [0.1, 0.15) is 5.75 Å². The zero-order valence-corrected chi connectivity index (χ0v) is 10.2. The predicted octanol–water partition coefficient (Wildman–Crippen LogP) is 3.88. The molecule has 0 radical (unpaired) electrons. The van der Waals surface area contributed by atoms with E-state index in [0.29, 0.717) is 16.8 Å². The highest BCUT2D eigenvalue weighted by Gasteiger charge is 2.31. The maximum Gasteiger partial charge on any atom is 0.573 e. The van der Waals surface area contributed by atoms with Gasteiger partial charge in [-0.3, -0.25) is 4.98 Å². The number of hydrogen-bond acceptors (Lipinski definition) is 3. The number of alkyl halides is 3. The second-order valence-corrected chi connectivity index (χ2v) is 4.06. The first-order chi connectivity index (χ1) is 8.87. The maximum absolute atomic E-state index is 12.2. The Morgan fingerprint density at radius 2 is 1.89 bits per heavy atom. The molecule has 0 amide bonds. The topological polar surface area (TPSA) is 48.1 Å². The van der Waals surface area contributed by atoms with E-state index in [0.717, 1.165) is 6.07 Å². The number of nitrogens with two attached hydrogens (primary N) is 1. The Kier molecular flexibility index (Phi) is 3.53. The van der Waals surface area contributed by atoms with Crippen LogP contribution in [0.25, 0.3) is 11.1 Å². The van der Waals surface area contributed by atoms with Crippen LogP contribution in [0.4, 0.5) is 18.9 Å². The molecule has 2 rings (SSSR count). The van der Waals surface area contributed by atoms with Gasteiger partial charge in [-0.2, -0.15) is 0 Å². The smallest absolute Gasteiger partial charge is 0.406 e. The molecule has 0 saturated carbocycles. The number of pyridine rings is 1. The maximum atomic E-state index is 12.2. The fraction of sp³-hybridized carbons (Fsp3) is 0.0833. The molecule has 0 spiro atoms. The molecule has 2 aromatic rings. The third-order valence-electron chi connectivity index (χ3n) is 2.31. The lowest BCUT2D eigenvalue weighted by molar-refractivity contribution is -0.274. The van der Waals surface area contributed by atoms with Crippen molar-refractivity contribution in [2.75, 3.05) is 5.73 Å². The van der Waals surface area contributed by atoms with Crippen LogP contribution in [0.3, 0.4) is 0 Å². The Bertz CT molecular complexity index is 602. The lowest BCUT2D eigenvalue weighted by Crippen LogP contribution is -2.17. The molecule has 100 valence electrons. The minimum Gasteiger partial charge on any atom is -0.406 e. The second-order valence-electron chi connectivity index (χ2n) is 3.65. The van der Waals surface area contributed by atoms with Gasteiger partial charge in [0.25, 0.3) is 0 Å². The minimum atomic E-state index is -4.76. The molecule has 0 aliphatic carbocycles. The molecule has 7 heteroatoms. The third-order valence-corrected chi connectivity index (χ3v) is 2.64. The summed E-state index contributed by atoms with van der Waals surface area (Å²) < 4.78 is 40.3. The number of rotatable bonds is 2. The van der Waals surface area contributed by atoms with E-state index in [1.807, 2.05) is 0 Å². The molecule has 0 fully saturated rings. The lowest BCUT2D eigenvalue weighted by Gasteiger charge is -2.12. The number of halogens is 4. The van der Waals surface area contributed by atoms with Gasteiger partial charge in [-0.05, 0) is 24.3 Å². The fourth-order valence-electron chi connectivity index (χ4n) is 1.56. The Morgan fingerprint density at radius 3 is 2.53 bits per heavy atom. The average molecular weight is 289 g/mol.